The molecule has 0 spiro atoms. The van der Waals surface area contributed by atoms with E-state index >= 15 is 0 Å². The van der Waals surface area contributed by atoms with Gasteiger partial charge in [-0.05, 0) is 55.1 Å². The second kappa shape index (κ2) is 3.99. The van der Waals surface area contributed by atoms with Gasteiger partial charge in [0.2, 0.25) is 5.91 Å². The minimum absolute atomic E-state index is 0.205. The van der Waals surface area contributed by atoms with E-state index in [1.54, 1.807) is 7.11 Å². The molecule has 2 bridgehead atoms. The molecular formula is C16H19NO2. The molecule has 0 aliphatic heterocycles. The fourth-order valence-corrected chi connectivity index (χ4v) is 4.64. The van der Waals surface area contributed by atoms with Crippen LogP contribution in [-0.2, 0) is 4.79 Å². The first kappa shape index (κ1) is 11.3. The minimum atomic E-state index is 0.205. The van der Waals surface area contributed by atoms with E-state index in [0.717, 1.165) is 23.3 Å². The topological polar surface area (TPSA) is 38.3 Å². The Kier molecular flexibility index (Phi) is 2.38. The van der Waals surface area contributed by atoms with Crippen molar-refractivity contribution < 1.29 is 9.53 Å². The molecule has 0 unspecified atom stereocenters. The van der Waals surface area contributed by atoms with Crippen LogP contribution in [0.15, 0.2) is 24.3 Å². The van der Waals surface area contributed by atoms with E-state index in [-0.39, 0.29) is 11.8 Å². The Balaban J connectivity index is 1.48. The molecular weight excluding hydrogens is 238 g/mol. The van der Waals surface area contributed by atoms with Crippen molar-refractivity contribution in [2.24, 2.45) is 29.6 Å². The van der Waals surface area contributed by atoms with E-state index < -0.39 is 0 Å². The summed E-state index contributed by atoms with van der Waals surface area (Å²) in [5, 5.41) is 3.06. The lowest BCUT2D eigenvalue weighted by Gasteiger charge is -2.12. The average Bonchev–Trinajstić information content (AvgIpc) is 2.88. The maximum absolute atomic E-state index is 12.4. The van der Waals surface area contributed by atoms with E-state index in [9.17, 15) is 4.79 Å². The molecule has 3 saturated carbocycles. The van der Waals surface area contributed by atoms with Crippen molar-refractivity contribution in [2.75, 3.05) is 12.4 Å². The number of hydrogen-bond acceptors (Lipinski definition) is 2. The molecule has 1 aromatic rings. The average molecular weight is 257 g/mol. The summed E-state index contributed by atoms with van der Waals surface area (Å²) in [5.41, 5.74) is 0.798. The number of benzene rings is 1. The van der Waals surface area contributed by atoms with Crippen molar-refractivity contribution in [1.82, 2.24) is 0 Å². The summed E-state index contributed by atoms with van der Waals surface area (Å²) in [7, 11) is 1.64. The zero-order chi connectivity index (χ0) is 13.0. The summed E-state index contributed by atoms with van der Waals surface area (Å²) in [6, 6.07) is 7.63. The molecule has 3 fully saturated rings. The maximum Gasteiger partial charge on any atom is 0.228 e. The highest BCUT2D eigenvalue weighted by molar-refractivity contribution is 5.96. The summed E-state index contributed by atoms with van der Waals surface area (Å²) < 4.78 is 5.28. The van der Waals surface area contributed by atoms with Crippen LogP contribution in [-0.4, -0.2) is 13.0 Å². The molecule has 4 atom stereocenters. The summed E-state index contributed by atoms with van der Waals surface area (Å²) in [5.74, 6) is 4.27. The Hall–Kier alpha value is -1.51. The quantitative estimate of drug-likeness (QED) is 0.904. The second-order valence-corrected chi connectivity index (χ2v) is 6.20. The van der Waals surface area contributed by atoms with Crippen LogP contribution in [0.25, 0.3) is 0 Å². The van der Waals surface area contributed by atoms with Gasteiger partial charge in [-0.1, -0.05) is 12.1 Å². The standard InChI is InChI=1S/C16H19NO2/c1-19-12-5-3-2-4-11(12)17-16(18)15-13-9-6-7-10(8-9)14(13)15/h2-5,9-10,13-15H,6-8H2,1H3,(H,17,18)/t9-,10-,13+,14+/m0/s1. The predicted molar refractivity (Wildman–Crippen MR) is 72.9 cm³/mol. The van der Waals surface area contributed by atoms with Crippen LogP contribution in [0, 0.1) is 29.6 Å². The third-order valence-electron chi connectivity index (χ3n) is 5.40. The maximum atomic E-state index is 12.4. The van der Waals surface area contributed by atoms with Crippen molar-refractivity contribution in [3.05, 3.63) is 24.3 Å². The number of para-hydroxylation sites is 2. The summed E-state index contributed by atoms with van der Waals surface area (Å²) in [6.07, 6.45) is 4.09. The lowest BCUT2D eigenvalue weighted by atomic mass is 10.0. The molecule has 0 heterocycles. The fourth-order valence-electron chi connectivity index (χ4n) is 4.64. The Bertz CT molecular complexity index is 511. The molecule has 4 rings (SSSR count). The summed E-state index contributed by atoms with van der Waals surface area (Å²) in [6.45, 7) is 0. The molecule has 3 heteroatoms. The zero-order valence-corrected chi connectivity index (χ0v) is 11.1. The van der Waals surface area contributed by atoms with E-state index in [1.807, 2.05) is 24.3 Å². The number of carbonyl (C=O) groups is 1. The molecule has 3 aliphatic carbocycles. The van der Waals surface area contributed by atoms with Crippen molar-refractivity contribution in [3.63, 3.8) is 0 Å². The van der Waals surface area contributed by atoms with Gasteiger partial charge in [-0.25, -0.2) is 0 Å². The number of amides is 1. The van der Waals surface area contributed by atoms with Crippen molar-refractivity contribution in [3.8, 4) is 5.75 Å². The minimum Gasteiger partial charge on any atom is -0.495 e. The van der Waals surface area contributed by atoms with E-state index in [4.69, 9.17) is 4.74 Å². The summed E-state index contributed by atoms with van der Waals surface area (Å²) in [4.78, 5) is 12.4. The smallest absolute Gasteiger partial charge is 0.228 e. The Morgan fingerprint density at radius 3 is 2.58 bits per heavy atom. The largest absolute Gasteiger partial charge is 0.495 e. The molecule has 3 nitrogen and oxygen atoms in total. The van der Waals surface area contributed by atoms with Gasteiger partial charge in [-0.2, -0.15) is 0 Å². The monoisotopic (exact) mass is 257 g/mol. The van der Waals surface area contributed by atoms with Crippen molar-refractivity contribution in [1.29, 1.82) is 0 Å². The lowest BCUT2D eigenvalue weighted by molar-refractivity contribution is -0.118. The number of hydrogen-bond donors (Lipinski definition) is 1. The lowest BCUT2D eigenvalue weighted by Crippen LogP contribution is -2.18. The number of methoxy groups -OCH3 is 1. The van der Waals surface area contributed by atoms with Crippen LogP contribution in [0.3, 0.4) is 0 Å². The number of rotatable bonds is 3. The normalized spacial score (nSPS) is 37.8. The molecule has 3 aliphatic rings. The second-order valence-electron chi connectivity index (χ2n) is 6.20. The van der Waals surface area contributed by atoms with Crippen LogP contribution >= 0.6 is 0 Å². The van der Waals surface area contributed by atoms with Gasteiger partial charge in [-0.3, -0.25) is 4.79 Å². The highest BCUT2D eigenvalue weighted by atomic mass is 16.5. The molecule has 1 N–H and O–H groups in total. The number of anilines is 1. The number of nitrogens with one attached hydrogen (secondary N) is 1. The molecule has 1 aromatic carbocycles. The van der Waals surface area contributed by atoms with Gasteiger partial charge in [-0.15, -0.1) is 0 Å². The molecule has 0 radical (unpaired) electrons. The Labute approximate surface area is 113 Å². The van der Waals surface area contributed by atoms with Gasteiger partial charge >= 0.3 is 0 Å². The van der Waals surface area contributed by atoms with Gasteiger partial charge in [0.1, 0.15) is 5.75 Å². The highest BCUT2D eigenvalue weighted by Gasteiger charge is 2.67. The van der Waals surface area contributed by atoms with Gasteiger partial charge in [0.15, 0.2) is 0 Å². The van der Waals surface area contributed by atoms with Crippen LogP contribution in [0.1, 0.15) is 19.3 Å². The van der Waals surface area contributed by atoms with Crippen LogP contribution < -0.4 is 10.1 Å². The zero-order valence-electron chi connectivity index (χ0n) is 11.1. The number of ether oxygens (including phenoxy) is 1. The Morgan fingerprint density at radius 1 is 1.21 bits per heavy atom. The molecule has 0 aromatic heterocycles. The fraction of sp³-hybridized carbons (Fsp3) is 0.562. The summed E-state index contributed by atoms with van der Waals surface area (Å²) >= 11 is 0. The van der Waals surface area contributed by atoms with Crippen LogP contribution in [0.2, 0.25) is 0 Å². The molecule has 1 amide bonds. The van der Waals surface area contributed by atoms with Gasteiger partial charge in [0, 0.05) is 5.92 Å². The first-order chi connectivity index (χ1) is 9.29. The van der Waals surface area contributed by atoms with E-state index in [1.165, 1.54) is 19.3 Å². The molecule has 19 heavy (non-hydrogen) atoms. The van der Waals surface area contributed by atoms with E-state index in [0.29, 0.717) is 11.8 Å². The van der Waals surface area contributed by atoms with Crippen molar-refractivity contribution >= 4 is 11.6 Å². The van der Waals surface area contributed by atoms with Gasteiger partial charge < -0.3 is 10.1 Å². The van der Waals surface area contributed by atoms with Crippen LogP contribution in [0.4, 0.5) is 5.69 Å². The highest BCUT2D eigenvalue weighted by Crippen LogP contribution is 2.69. The van der Waals surface area contributed by atoms with Gasteiger partial charge in [0.25, 0.3) is 0 Å². The van der Waals surface area contributed by atoms with Gasteiger partial charge in [0.05, 0.1) is 12.8 Å². The first-order valence-electron chi connectivity index (χ1n) is 7.23. The Morgan fingerprint density at radius 2 is 1.89 bits per heavy atom. The molecule has 0 saturated heterocycles. The van der Waals surface area contributed by atoms with Crippen molar-refractivity contribution in [2.45, 2.75) is 19.3 Å². The third kappa shape index (κ3) is 1.60. The molecule has 100 valence electrons. The van der Waals surface area contributed by atoms with E-state index in [2.05, 4.69) is 5.32 Å². The number of carbonyl (C=O) groups excluding carboxylic acids is 1. The third-order valence-corrected chi connectivity index (χ3v) is 5.40. The van der Waals surface area contributed by atoms with Crippen LogP contribution in [0.5, 0.6) is 5.75 Å². The SMILES string of the molecule is COc1ccccc1NC(=O)C1[C@@H]2[C@H]3CC[C@@H](C3)[C@@H]12. The first-order valence-corrected chi connectivity index (χ1v) is 7.23. The number of fused-ring (bicyclic) bond motifs is 5. The predicted octanol–water partition coefficient (Wildman–Crippen LogP) is 2.93.